The van der Waals surface area contributed by atoms with Crippen LogP contribution in [0.15, 0.2) is 30.5 Å². The van der Waals surface area contributed by atoms with Gasteiger partial charge in [0.1, 0.15) is 12.4 Å². The zero-order chi connectivity index (χ0) is 15.9. The number of benzene rings is 1. The maximum Gasteiger partial charge on any atom is 0.109 e. The molecule has 0 aliphatic rings. The molecule has 1 heterocycles. The molecule has 0 bridgehead atoms. The van der Waals surface area contributed by atoms with Crippen molar-refractivity contribution in [3.8, 4) is 0 Å². The van der Waals surface area contributed by atoms with E-state index in [-0.39, 0.29) is 6.61 Å². The summed E-state index contributed by atoms with van der Waals surface area (Å²) >= 11 is 0. The van der Waals surface area contributed by atoms with Gasteiger partial charge in [-0.1, -0.05) is 37.6 Å². The zero-order valence-electron chi connectivity index (χ0n) is 13.2. The van der Waals surface area contributed by atoms with Crippen molar-refractivity contribution >= 4 is 0 Å². The van der Waals surface area contributed by atoms with Gasteiger partial charge in [0.25, 0.3) is 0 Å². The average Bonchev–Trinajstić information content (AvgIpc) is 2.90. The van der Waals surface area contributed by atoms with Crippen LogP contribution >= 0.6 is 0 Å². The van der Waals surface area contributed by atoms with E-state index in [1.165, 1.54) is 0 Å². The van der Waals surface area contributed by atoms with Gasteiger partial charge in [0.2, 0.25) is 0 Å². The van der Waals surface area contributed by atoms with Gasteiger partial charge in [-0.25, -0.2) is 9.87 Å². The van der Waals surface area contributed by atoms with E-state index in [1.807, 2.05) is 24.3 Å². The van der Waals surface area contributed by atoms with Crippen molar-refractivity contribution in [3.05, 3.63) is 53.1 Å². The van der Waals surface area contributed by atoms with Crippen molar-refractivity contribution in [2.45, 2.75) is 52.4 Å². The Morgan fingerprint density at radius 1 is 1.23 bits per heavy atom. The van der Waals surface area contributed by atoms with Crippen LogP contribution in [-0.4, -0.2) is 19.9 Å². The first-order valence-corrected chi connectivity index (χ1v) is 7.72. The standard InChI is InChI=1S/C17H24N2O3/c1-3-4-5-17-18-10-16(13(2)20)19(17)11-14-6-8-15(9-7-14)12-22-21/h6-10,13,20-21H,3-5,11-12H2,1-2H3. The lowest BCUT2D eigenvalue weighted by molar-refractivity contribution is -0.253. The van der Waals surface area contributed by atoms with Crippen LogP contribution in [0.3, 0.4) is 0 Å². The molecule has 1 aromatic carbocycles. The van der Waals surface area contributed by atoms with Crippen LogP contribution in [0.5, 0.6) is 0 Å². The van der Waals surface area contributed by atoms with Crippen LogP contribution in [0.2, 0.25) is 0 Å². The van der Waals surface area contributed by atoms with Gasteiger partial charge in [-0.05, 0) is 24.5 Å². The molecule has 22 heavy (non-hydrogen) atoms. The van der Waals surface area contributed by atoms with Crippen molar-refractivity contribution < 1.29 is 15.3 Å². The molecule has 1 atom stereocenters. The first-order valence-electron chi connectivity index (χ1n) is 7.72. The predicted molar refractivity (Wildman–Crippen MR) is 84.4 cm³/mol. The number of aliphatic hydroxyl groups excluding tert-OH is 1. The van der Waals surface area contributed by atoms with Crippen molar-refractivity contribution in [1.29, 1.82) is 0 Å². The first kappa shape index (κ1) is 16.7. The predicted octanol–water partition coefficient (Wildman–Crippen LogP) is 3.32. The third-order valence-corrected chi connectivity index (χ3v) is 3.75. The summed E-state index contributed by atoms with van der Waals surface area (Å²) in [5.74, 6) is 1.01. The maximum absolute atomic E-state index is 9.93. The summed E-state index contributed by atoms with van der Waals surface area (Å²) in [4.78, 5) is 8.61. The van der Waals surface area contributed by atoms with Crippen molar-refractivity contribution in [1.82, 2.24) is 9.55 Å². The number of hydrogen-bond donors (Lipinski definition) is 2. The second-order valence-corrected chi connectivity index (χ2v) is 5.55. The number of aliphatic hydroxyl groups is 1. The highest BCUT2D eigenvalue weighted by molar-refractivity contribution is 5.23. The Balaban J connectivity index is 2.20. The van der Waals surface area contributed by atoms with Gasteiger partial charge < -0.3 is 9.67 Å². The molecule has 5 nitrogen and oxygen atoms in total. The molecular formula is C17H24N2O3. The van der Waals surface area contributed by atoms with Gasteiger partial charge in [0.15, 0.2) is 0 Å². The van der Waals surface area contributed by atoms with E-state index in [4.69, 9.17) is 5.26 Å². The topological polar surface area (TPSA) is 67.5 Å². The largest absolute Gasteiger partial charge is 0.387 e. The number of aromatic nitrogens is 2. The SMILES string of the molecule is CCCCc1ncc(C(C)O)n1Cc1ccc(COO)cc1. The van der Waals surface area contributed by atoms with Gasteiger partial charge in [-0.2, -0.15) is 0 Å². The highest BCUT2D eigenvalue weighted by atomic mass is 17.1. The lowest BCUT2D eigenvalue weighted by Crippen LogP contribution is -2.11. The molecule has 2 aromatic rings. The van der Waals surface area contributed by atoms with E-state index in [0.29, 0.717) is 6.54 Å². The van der Waals surface area contributed by atoms with Gasteiger partial charge in [-0.3, -0.25) is 5.26 Å². The minimum Gasteiger partial charge on any atom is -0.387 e. The third-order valence-electron chi connectivity index (χ3n) is 3.75. The molecule has 1 aromatic heterocycles. The molecule has 0 saturated heterocycles. The number of rotatable bonds is 8. The normalized spacial score (nSPS) is 12.5. The fraction of sp³-hybridized carbons (Fsp3) is 0.471. The number of nitrogens with zero attached hydrogens (tertiary/aromatic N) is 2. The quantitative estimate of drug-likeness (QED) is 0.580. The Morgan fingerprint density at radius 3 is 2.50 bits per heavy atom. The highest BCUT2D eigenvalue weighted by Crippen LogP contribution is 2.18. The summed E-state index contributed by atoms with van der Waals surface area (Å²) in [5, 5.41) is 18.4. The fourth-order valence-electron chi connectivity index (χ4n) is 2.48. The molecule has 2 rings (SSSR count). The van der Waals surface area contributed by atoms with E-state index in [1.54, 1.807) is 13.1 Å². The van der Waals surface area contributed by atoms with Gasteiger partial charge >= 0.3 is 0 Å². The summed E-state index contributed by atoms with van der Waals surface area (Å²) in [6.07, 6.45) is 4.35. The van der Waals surface area contributed by atoms with Crippen LogP contribution in [0, 0.1) is 0 Å². The minimum atomic E-state index is -0.537. The Kier molecular flexibility index (Phi) is 6.12. The Labute approximate surface area is 131 Å². The van der Waals surface area contributed by atoms with E-state index in [0.717, 1.165) is 41.9 Å². The Hall–Kier alpha value is -1.69. The second kappa shape index (κ2) is 8.08. The lowest BCUT2D eigenvalue weighted by Gasteiger charge is -2.14. The van der Waals surface area contributed by atoms with Crippen molar-refractivity contribution in [3.63, 3.8) is 0 Å². The van der Waals surface area contributed by atoms with Crippen molar-refractivity contribution in [2.24, 2.45) is 0 Å². The van der Waals surface area contributed by atoms with Crippen LogP contribution in [-0.2, 0) is 24.5 Å². The van der Waals surface area contributed by atoms with Crippen LogP contribution in [0.1, 0.15) is 55.4 Å². The summed E-state index contributed by atoms with van der Waals surface area (Å²) in [6, 6.07) is 7.86. The van der Waals surface area contributed by atoms with Crippen LogP contribution in [0.4, 0.5) is 0 Å². The lowest BCUT2D eigenvalue weighted by atomic mass is 10.1. The number of aryl methyl sites for hydroxylation is 1. The van der Waals surface area contributed by atoms with E-state index < -0.39 is 6.10 Å². The fourth-order valence-corrected chi connectivity index (χ4v) is 2.48. The van der Waals surface area contributed by atoms with Crippen molar-refractivity contribution in [2.75, 3.05) is 0 Å². The number of imidazole rings is 1. The van der Waals surface area contributed by atoms with Crippen LogP contribution in [0.25, 0.3) is 0 Å². The molecule has 0 radical (unpaired) electrons. The van der Waals surface area contributed by atoms with Gasteiger partial charge in [0, 0.05) is 13.0 Å². The maximum atomic E-state index is 9.93. The van der Waals surface area contributed by atoms with E-state index in [9.17, 15) is 5.11 Å². The smallest absolute Gasteiger partial charge is 0.109 e. The second-order valence-electron chi connectivity index (χ2n) is 5.55. The molecule has 0 saturated carbocycles. The summed E-state index contributed by atoms with van der Waals surface area (Å²) < 4.78 is 2.10. The molecule has 5 heteroatoms. The molecule has 0 aliphatic heterocycles. The molecule has 2 N–H and O–H groups in total. The minimum absolute atomic E-state index is 0.187. The zero-order valence-corrected chi connectivity index (χ0v) is 13.2. The molecular weight excluding hydrogens is 280 g/mol. The Bertz CT molecular complexity index is 576. The number of hydrogen-bond acceptors (Lipinski definition) is 4. The molecule has 0 fully saturated rings. The van der Waals surface area contributed by atoms with E-state index >= 15 is 0 Å². The Morgan fingerprint density at radius 2 is 1.91 bits per heavy atom. The van der Waals surface area contributed by atoms with Gasteiger partial charge in [-0.15, -0.1) is 0 Å². The van der Waals surface area contributed by atoms with Crippen LogP contribution < -0.4 is 0 Å². The third kappa shape index (κ3) is 4.16. The van der Waals surface area contributed by atoms with Gasteiger partial charge in [0.05, 0.1) is 18.0 Å². The highest BCUT2D eigenvalue weighted by Gasteiger charge is 2.13. The first-order chi connectivity index (χ1) is 10.7. The summed E-state index contributed by atoms with van der Waals surface area (Å²) in [7, 11) is 0. The summed E-state index contributed by atoms with van der Waals surface area (Å²) in [5.41, 5.74) is 2.88. The molecule has 0 amide bonds. The molecule has 0 aliphatic carbocycles. The monoisotopic (exact) mass is 304 g/mol. The molecule has 1 unspecified atom stereocenters. The molecule has 0 spiro atoms. The number of unbranched alkanes of at least 4 members (excludes halogenated alkanes) is 1. The van der Waals surface area contributed by atoms with E-state index in [2.05, 4.69) is 21.4 Å². The molecule has 120 valence electrons. The average molecular weight is 304 g/mol. The summed E-state index contributed by atoms with van der Waals surface area (Å²) in [6.45, 7) is 4.79.